The number of anilines is 1. The number of methoxy groups -OCH3 is 1. The lowest BCUT2D eigenvalue weighted by molar-refractivity contribution is 0.0898. The molecular weight excluding hydrogens is 430 g/mol. The third-order valence-corrected chi connectivity index (χ3v) is 8.25. The Kier molecular flexibility index (Phi) is 7.15. The summed E-state index contributed by atoms with van der Waals surface area (Å²) in [6, 6.07) is 13.1. The van der Waals surface area contributed by atoms with E-state index in [1.165, 1.54) is 62.1 Å². The van der Waals surface area contributed by atoms with Crippen LogP contribution in [0.4, 0.5) is 5.69 Å². The number of halogens is 1. The van der Waals surface area contributed by atoms with Gasteiger partial charge >= 0.3 is 0 Å². The van der Waals surface area contributed by atoms with Crippen LogP contribution < -0.4 is 9.64 Å². The summed E-state index contributed by atoms with van der Waals surface area (Å²) in [6.45, 7) is 11.5. The van der Waals surface area contributed by atoms with Crippen LogP contribution in [0.25, 0.3) is 0 Å². The maximum absolute atomic E-state index is 6.21. The number of aryl methyl sites for hydroxylation is 1. The number of piperazine rings is 1. The quantitative estimate of drug-likeness (QED) is 0.529. The van der Waals surface area contributed by atoms with Gasteiger partial charge in [-0.05, 0) is 85.9 Å². The van der Waals surface area contributed by atoms with Crippen molar-refractivity contribution in [2.45, 2.75) is 45.1 Å². The monoisotopic (exact) mass is 467 g/mol. The second kappa shape index (κ2) is 10.2. The van der Waals surface area contributed by atoms with Gasteiger partial charge in [-0.3, -0.25) is 4.90 Å². The zero-order chi connectivity index (χ0) is 22.8. The van der Waals surface area contributed by atoms with Crippen molar-refractivity contribution in [3.05, 3.63) is 58.1 Å². The average Bonchev–Trinajstić information content (AvgIpc) is 3.33. The van der Waals surface area contributed by atoms with Gasteiger partial charge < -0.3 is 14.5 Å². The number of hydrogen-bond donors (Lipinski definition) is 0. The Balaban J connectivity index is 1.07. The summed E-state index contributed by atoms with van der Waals surface area (Å²) >= 11 is 6.21. The standard InChI is InChI=1S/C28H38ClN3O/c1-21-15-26(32-9-3-4-10-32)6-7-27(21)23-16-22(17-23)19-30-11-13-31(14-12-30)20-24-18-25(29)5-8-28(24)33-2/h5-8,15,18,22-23H,3-4,9-14,16-17,19-20H2,1-2H3. The van der Waals surface area contributed by atoms with Gasteiger partial charge in [0, 0.05) is 68.6 Å². The molecule has 2 aromatic rings. The van der Waals surface area contributed by atoms with Gasteiger partial charge in [-0.15, -0.1) is 0 Å². The van der Waals surface area contributed by atoms with Crippen LogP contribution in [0.3, 0.4) is 0 Å². The van der Waals surface area contributed by atoms with E-state index in [2.05, 4.69) is 39.8 Å². The molecule has 3 fully saturated rings. The molecule has 1 aliphatic carbocycles. The Labute approximate surface area is 204 Å². The molecule has 0 unspecified atom stereocenters. The predicted octanol–water partition coefficient (Wildman–Crippen LogP) is 5.57. The van der Waals surface area contributed by atoms with Crippen LogP contribution in [-0.2, 0) is 6.54 Å². The van der Waals surface area contributed by atoms with Gasteiger partial charge in [0.2, 0.25) is 0 Å². The Morgan fingerprint density at radius 2 is 1.64 bits per heavy atom. The first-order chi connectivity index (χ1) is 16.1. The highest BCUT2D eigenvalue weighted by Crippen LogP contribution is 2.44. The molecule has 2 saturated heterocycles. The Hall–Kier alpha value is -1.75. The summed E-state index contributed by atoms with van der Waals surface area (Å²) in [6.07, 6.45) is 5.38. The second-order valence-electron chi connectivity index (χ2n) is 10.3. The van der Waals surface area contributed by atoms with Crippen LogP contribution in [-0.4, -0.2) is 62.7 Å². The van der Waals surface area contributed by atoms with Crippen LogP contribution in [0.2, 0.25) is 5.02 Å². The number of rotatable bonds is 7. The zero-order valence-corrected chi connectivity index (χ0v) is 21.0. The molecule has 0 spiro atoms. The fourth-order valence-corrected chi connectivity index (χ4v) is 6.23. The summed E-state index contributed by atoms with van der Waals surface area (Å²) in [5, 5.41) is 0.782. The molecule has 3 aliphatic rings. The van der Waals surface area contributed by atoms with Crippen molar-refractivity contribution in [1.29, 1.82) is 0 Å². The first-order valence-electron chi connectivity index (χ1n) is 12.7. The maximum atomic E-state index is 6.21. The molecule has 5 heteroatoms. The molecule has 0 N–H and O–H groups in total. The van der Waals surface area contributed by atoms with Crippen molar-refractivity contribution < 1.29 is 4.74 Å². The van der Waals surface area contributed by atoms with Crippen molar-refractivity contribution in [2.24, 2.45) is 5.92 Å². The highest BCUT2D eigenvalue weighted by molar-refractivity contribution is 6.30. The van der Waals surface area contributed by atoms with E-state index in [0.717, 1.165) is 55.3 Å². The van der Waals surface area contributed by atoms with Crippen LogP contribution in [0.5, 0.6) is 5.75 Å². The molecule has 2 aliphatic heterocycles. The molecule has 0 atom stereocenters. The lowest BCUT2D eigenvalue weighted by Crippen LogP contribution is -2.48. The topological polar surface area (TPSA) is 19.0 Å². The Morgan fingerprint density at radius 1 is 0.909 bits per heavy atom. The molecule has 5 rings (SSSR count). The van der Waals surface area contributed by atoms with Crippen LogP contribution >= 0.6 is 11.6 Å². The van der Waals surface area contributed by atoms with Gasteiger partial charge in [0.15, 0.2) is 0 Å². The van der Waals surface area contributed by atoms with E-state index >= 15 is 0 Å². The van der Waals surface area contributed by atoms with E-state index in [1.54, 1.807) is 12.7 Å². The Morgan fingerprint density at radius 3 is 2.33 bits per heavy atom. The molecule has 4 nitrogen and oxygen atoms in total. The zero-order valence-electron chi connectivity index (χ0n) is 20.2. The van der Waals surface area contributed by atoms with Crippen LogP contribution in [0.1, 0.15) is 48.3 Å². The van der Waals surface area contributed by atoms with Crippen LogP contribution in [0, 0.1) is 12.8 Å². The van der Waals surface area contributed by atoms with Gasteiger partial charge in [0.25, 0.3) is 0 Å². The lowest BCUT2D eigenvalue weighted by atomic mass is 9.70. The van der Waals surface area contributed by atoms with Crippen LogP contribution in [0.15, 0.2) is 36.4 Å². The van der Waals surface area contributed by atoms with Crippen molar-refractivity contribution in [3.8, 4) is 5.75 Å². The minimum atomic E-state index is 0.763. The number of ether oxygens (including phenoxy) is 1. The summed E-state index contributed by atoms with van der Waals surface area (Å²) in [7, 11) is 1.74. The van der Waals surface area contributed by atoms with Gasteiger partial charge in [-0.2, -0.15) is 0 Å². The Bertz CT molecular complexity index is 944. The van der Waals surface area contributed by atoms with E-state index in [0.29, 0.717) is 0 Å². The summed E-state index contributed by atoms with van der Waals surface area (Å²) in [5.74, 6) is 2.55. The first kappa shape index (κ1) is 23.0. The minimum Gasteiger partial charge on any atom is -0.496 e. The van der Waals surface area contributed by atoms with E-state index in [9.17, 15) is 0 Å². The highest BCUT2D eigenvalue weighted by atomic mass is 35.5. The van der Waals surface area contributed by atoms with E-state index < -0.39 is 0 Å². The van der Waals surface area contributed by atoms with Crippen molar-refractivity contribution in [2.75, 3.05) is 57.8 Å². The lowest BCUT2D eigenvalue weighted by Gasteiger charge is -2.42. The molecule has 0 aromatic heterocycles. The maximum Gasteiger partial charge on any atom is 0.123 e. The summed E-state index contributed by atoms with van der Waals surface area (Å²) in [5.41, 5.74) is 5.70. The van der Waals surface area contributed by atoms with Gasteiger partial charge in [-0.25, -0.2) is 0 Å². The van der Waals surface area contributed by atoms with Crippen molar-refractivity contribution >= 4 is 17.3 Å². The molecule has 178 valence electrons. The van der Waals surface area contributed by atoms with E-state index in [4.69, 9.17) is 16.3 Å². The van der Waals surface area contributed by atoms with Gasteiger partial charge in [0.1, 0.15) is 5.75 Å². The largest absolute Gasteiger partial charge is 0.496 e. The number of hydrogen-bond acceptors (Lipinski definition) is 4. The molecule has 33 heavy (non-hydrogen) atoms. The van der Waals surface area contributed by atoms with Gasteiger partial charge in [0.05, 0.1) is 7.11 Å². The number of nitrogens with zero attached hydrogens (tertiary/aromatic N) is 3. The third-order valence-electron chi connectivity index (χ3n) is 8.02. The second-order valence-corrected chi connectivity index (χ2v) is 10.7. The fourth-order valence-electron chi connectivity index (χ4n) is 6.04. The minimum absolute atomic E-state index is 0.763. The van der Waals surface area contributed by atoms with Crippen molar-refractivity contribution in [3.63, 3.8) is 0 Å². The fraction of sp³-hybridized carbons (Fsp3) is 0.571. The average molecular weight is 468 g/mol. The molecule has 1 saturated carbocycles. The molecule has 0 radical (unpaired) electrons. The smallest absolute Gasteiger partial charge is 0.123 e. The summed E-state index contributed by atoms with van der Waals surface area (Å²) < 4.78 is 5.53. The van der Waals surface area contributed by atoms with E-state index in [1.807, 2.05) is 18.2 Å². The molecule has 0 bridgehead atoms. The van der Waals surface area contributed by atoms with E-state index in [-0.39, 0.29) is 0 Å². The number of benzene rings is 2. The summed E-state index contributed by atoms with van der Waals surface area (Å²) in [4.78, 5) is 7.75. The van der Waals surface area contributed by atoms with Crippen molar-refractivity contribution in [1.82, 2.24) is 9.80 Å². The highest BCUT2D eigenvalue weighted by Gasteiger charge is 2.33. The predicted molar refractivity (Wildman–Crippen MR) is 138 cm³/mol. The molecular formula is C28H38ClN3O. The third kappa shape index (κ3) is 5.34. The molecule has 0 amide bonds. The molecule has 2 heterocycles. The first-order valence-corrected chi connectivity index (χ1v) is 13.1. The molecule has 2 aromatic carbocycles. The van der Waals surface area contributed by atoms with Gasteiger partial charge in [-0.1, -0.05) is 17.7 Å². The normalized spacial score (nSPS) is 24.2. The SMILES string of the molecule is COc1ccc(Cl)cc1CN1CCN(CC2CC(c3ccc(N4CCCC4)cc3C)C2)CC1.